The number of halogens is 1. The van der Waals surface area contributed by atoms with Gasteiger partial charge in [0.2, 0.25) is 0 Å². The van der Waals surface area contributed by atoms with Gasteiger partial charge in [0.05, 0.1) is 10.6 Å². The Bertz CT molecular complexity index is 1230. The number of para-hydroxylation sites is 1. The zero-order valence-corrected chi connectivity index (χ0v) is 18.1. The summed E-state index contributed by atoms with van der Waals surface area (Å²) in [4.78, 5) is 36.1. The molecule has 1 aliphatic heterocycles. The maximum Gasteiger partial charge on any atom is 0.311 e. The molecule has 0 aromatic heterocycles. The maximum atomic E-state index is 12.7. The first-order chi connectivity index (χ1) is 15.4. The molecule has 1 fully saturated rings. The van der Waals surface area contributed by atoms with Crippen LogP contribution in [0.15, 0.2) is 82.8 Å². The van der Waals surface area contributed by atoms with Crippen molar-refractivity contribution < 1.29 is 19.2 Å². The van der Waals surface area contributed by atoms with Crippen LogP contribution in [0.3, 0.4) is 0 Å². The summed E-state index contributed by atoms with van der Waals surface area (Å²) >= 11 is 3.35. The van der Waals surface area contributed by atoms with Crippen molar-refractivity contribution >= 4 is 45.2 Å². The molecule has 0 spiro atoms. The van der Waals surface area contributed by atoms with Crippen molar-refractivity contribution in [2.75, 3.05) is 5.01 Å². The highest BCUT2D eigenvalue weighted by molar-refractivity contribution is 9.10. The van der Waals surface area contributed by atoms with Gasteiger partial charge in [-0.15, -0.1) is 0 Å². The Balaban J connectivity index is 1.57. The molecule has 1 saturated heterocycles. The summed E-state index contributed by atoms with van der Waals surface area (Å²) in [5, 5.41) is 12.7. The summed E-state index contributed by atoms with van der Waals surface area (Å²) in [5.41, 5.74) is 3.81. The molecular formula is C23H16BrN3O5. The first-order valence-corrected chi connectivity index (χ1v) is 10.3. The highest BCUT2D eigenvalue weighted by Crippen LogP contribution is 2.30. The number of hydrogen-bond donors (Lipinski definition) is 1. The molecule has 0 atom stereocenters. The Morgan fingerprint density at radius 3 is 2.44 bits per heavy atom. The van der Waals surface area contributed by atoms with E-state index >= 15 is 0 Å². The number of nitrogens with zero attached hydrogens (tertiary/aromatic N) is 2. The predicted octanol–water partition coefficient (Wildman–Crippen LogP) is 4.40. The highest BCUT2D eigenvalue weighted by Gasteiger charge is 2.34. The van der Waals surface area contributed by atoms with Gasteiger partial charge in [0.1, 0.15) is 12.2 Å². The molecule has 3 aromatic carbocycles. The Kier molecular flexibility index (Phi) is 6.00. The van der Waals surface area contributed by atoms with Crippen molar-refractivity contribution in [3.63, 3.8) is 0 Å². The third-order valence-corrected chi connectivity index (χ3v) is 5.23. The van der Waals surface area contributed by atoms with E-state index in [9.17, 15) is 19.7 Å². The van der Waals surface area contributed by atoms with Crippen LogP contribution in [0.25, 0.3) is 6.08 Å². The van der Waals surface area contributed by atoms with Gasteiger partial charge in [0.25, 0.3) is 11.8 Å². The number of ether oxygens (including phenoxy) is 1. The fourth-order valence-corrected chi connectivity index (χ4v) is 3.38. The standard InChI is InChI=1S/C23H16BrN3O5/c24-17-9-6-15(7-10-17)14-32-21-11-8-16(13-20(21)27(30)31)12-19-22(28)25-26(23(19)29)18-4-2-1-3-5-18/h1-13H,14H2,(H,25,28). The zero-order chi connectivity index (χ0) is 22.7. The van der Waals surface area contributed by atoms with Gasteiger partial charge in [-0.2, -0.15) is 0 Å². The van der Waals surface area contributed by atoms with Gasteiger partial charge in [-0.3, -0.25) is 25.1 Å². The third kappa shape index (κ3) is 4.52. The second-order valence-electron chi connectivity index (χ2n) is 6.87. The minimum atomic E-state index is -0.586. The van der Waals surface area contributed by atoms with Crippen LogP contribution in [-0.4, -0.2) is 16.7 Å². The fraction of sp³-hybridized carbons (Fsp3) is 0.0435. The molecule has 3 aromatic rings. The minimum Gasteiger partial charge on any atom is -0.482 e. The van der Waals surface area contributed by atoms with Crippen LogP contribution in [0.1, 0.15) is 11.1 Å². The lowest BCUT2D eigenvalue weighted by Crippen LogP contribution is -2.35. The number of nitro groups is 1. The Morgan fingerprint density at radius 1 is 1.03 bits per heavy atom. The average Bonchev–Trinajstić information content (AvgIpc) is 3.08. The van der Waals surface area contributed by atoms with E-state index in [4.69, 9.17) is 4.74 Å². The largest absolute Gasteiger partial charge is 0.482 e. The van der Waals surface area contributed by atoms with Crippen molar-refractivity contribution in [1.82, 2.24) is 5.43 Å². The number of carbonyl (C=O) groups excluding carboxylic acids is 2. The number of benzene rings is 3. The van der Waals surface area contributed by atoms with Crippen molar-refractivity contribution in [3.05, 3.63) is 104 Å². The van der Waals surface area contributed by atoms with Gasteiger partial charge in [-0.05, 0) is 47.5 Å². The number of anilines is 1. The molecule has 9 heteroatoms. The van der Waals surface area contributed by atoms with Gasteiger partial charge in [-0.25, -0.2) is 5.01 Å². The molecule has 1 N–H and O–H groups in total. The van der Waals surface area contributed by atoms with Crippen LogP contribution in [0, 0.1) is 10.1 Å². The molecule has 0 aliphatic carbocycles. The SMILES string of the molecule is O=C1NN(c2ccccc2)C(=O)C1=Cc1ccc(OCc2ccc(Br)cc2)c([N+](=O)[O-])c1. The average molecular weight is 494 g/mol. The first kappa shape index (κ1) is 21.3. The number of nitro benzene ring substituents is 1. The van der Waals surface area contributed by atoms with Gasteiger partial charge in [0.15, 0.2) is 5.75 Å². The van der Waals surface area contributed by atoms with E-state index in [2.05, 4.69) is 21.4 Å². The molecule has 1 heterocycles. The number of hydrogen-bond acceptors (Lipinski definition) is 5. The lowest BCUT2D eigenvalue weighted by Gasteiger charge is -2.13. The summed E-state index contributed by atoms with van der Waals surface area (Å²) in [6, 6.07) is 20.3. The topological polar surface area (TPSA) is 102 Å². The third-order valence-electron chi connectivity index (χ3n) is 4.70. The molecular weight excluding hydrogens is 478 g/mol. The summed E-state index contributed by atoms with van der Waals surface area (Å²) < 4.78 is 6.55. The number of amides is 2. The lowest BCUT2D eigenvalue weighted by atomic mass is 10.1. The number of hydrazine groups is 1. The molecule has 8 nitrogen and oxygen atoms in total. The Morgan fingerprint density at radius 2 is 1.75 bits per heavy atom. The summed E-state index contributed by atoms with van der Waals surface area (Å²) in [6.45, 7) is 0.154. The summed E-state index contributed by atoms with van der Waals surface area (Å²) in [5.74, 6) is -1.04. The molecule has 32 heavy (non-hydrogen) atoms. The van der Waals surface area contributed by atoms with E-state index < -0.39 is 16.7 Å². The van der Waals surface area contributed by atoms with Crippen molar-refractivity contribution in [2.24, 2.45) is 0 Å². The Labute approximate surface area is 191 Å². The van der Waals surface area contributed by atoms with Crippen LogP contribution >= 0.6 is 15.9 Å². The van der Waals surface area contributed by atoms with Crippen LogP contribution in [-0.2, 0) is 16.2 Å². The van der Waals surface area contributed by atoms with E-state index in [0.717, 1.165) is 15.0 Å². The van der Waals surface area contributed by atoms with Crippen molar-refractivity contribution in [1.29, 1.82) is 0 Å². The van der Waals surface area contributed by atoms with E-state index in [1.807, 2.05) is 24.3 Å². The van der Waals surface area contributed by atoms with Crippen LogP contribution in [0.2, 0.25) is 0 Å². The number of rotatable bonds is 6. The first-order valence-electron chi connectivity index (χ1n) is 9.50. The molecule has 1 aliphatic rings. The van der Waals surface area contributed by atoms with Crippen LogP contribution in [0.4, 0.5) is 11.4 Å². The van der Waals surface area contributed by atoms with Gasteiger partial charge in [-0.1, -0.05) is 52.3 Å². The van der Waals surface area contributed by atoms with Gasteiger partial charge >= 0.3 is 5.69 Å². The fourth-order valence-electron chi connectivity index (χ4n) is 3.11. The predicted molar refractivity (Wildman–Crippen MR) is 122 cm³/mol. The quantitative estimate of drug-likeness (QED) is 0.237. The number of nitrogens with one attached hydrogen (secondary N) is 1. The van der Waals surface area contributed by atoms with E-state index in [-0.39, 0.29) is 23.6 Å². The summed E-state index contributed by atoms with van der Waals surface area (Å²) in [6.07, 6.45) is 1.33. The second kappa shape index (κ2) is 9.03. The van der Waals surface area contributed by atoms with Crippen LogP contribution in [0.5, 0.6) is 5.75 Å². The molecule has 0 bridgehead atoms. The highest BCUT2D eigenvalue weighted by atomic mass is 79.9. The zero-order valence-electron chi connectivity index (χ0n) is 16.5. The second-order valence-corrected chi connectivity index (χ2v) is 7.79. The summed E-state index contributed by atoms with van der Waals surface area (Å²) in [7, 11) is 0. The monoisotopic (exact) mass is 493 g/mol. The minimum absolute atomic E-state index is 0.0909. The molecule has 4 rings (SSSR count). The Hall–Kier alpha value is -3.98. The molecule has 160 valence electrons. The van der Waals surface area contributed by atoms with Crippen LogP contribution < -0.4 is 15.2 Å². The molecule has 2 amide bonds. The van der Waals surface area contributed by atoms with Gasteiger partial charge in [0, 0.05) is 10.5 Å². The lowest BCUT2D eigenvalue weighted by molar-refractivity contribution is -0.386. The van der Waals surface area contributed by atoms with Crippen molar-refractivity contribution in [2.45, 2.75) is 6.61 Å². The molecule has 0 saturated carbocycles. The smallest absolute Gasteiger partial charge is 0.311 e. The van der Waals surface area contributed by atoms with E-state index in [1.165, 1.54) is 18.2 Å². The number of carbonyl (C=O) groups is 2. The normalized spacial score (nSPS) is 14.5. The van der Waals surface area contributed by atoms with Crippen molar-refractivity contribution in [3.8, 4) is 5.75 Å². The van der Waals surface area contributed by atoms with E-state index in [0.29, 0.717) is 11.3 Å². The molecule has 0 radical (unpaired) electrons. The molecule has 0 unspecified atom stereocenters. The van der Waals surface area contributed by atoms with E-state index in [1.54, 1.807) is 36.4 Å². The maximum absolute atomic E-state index is 12.7. The van der Waals surface area contributed by atoms with Gasteiger partial charge < -0.3 is 4.74 Å².